The third-order valence-electron chi connectivity index (χ3n) is 3.11. The molecule has 1 aliphatic heterocycles. The topological polar surface area (TPSA) is 50.4 Å². The van der Waals surface area contributed by atoms with Crippen molar-refractivity contribution in [2.45, 2.75) is 26.3 Å². The van der Waals surface area contributed by atoms with E-state index in [4.69, 9.17) is 16.3 Å². The minimum atomic E-state index is -0.311. The molecule has 4 nitrogen and oxygen atoms in total. The van der Waals surface area contributed by atoms with Crippen LogP contribution in [-0.4, -0.2) is 25.7 Å². The molecule has 1 amide bonds. The number of rotatable bonds is 7. The smallest absolute Gasteiger partial charge is 0.246 e. The second kappa shape index (κ2) is 7.07. The Bertz CT molecular complexity index is 477. The summed E-state index contributed by atoms with van der Waals surface area (Å²) in [5.41, 5.74) is 1.76. The van der Waals surface area contributed by atoms with Crippen molar-refractivity contribution in [3.63, 3.8) is 0 Å². The Morgan fingerprint density at radius 3 is 3.00 bits per heavy atom. The number of hydrogen-bond donors (Lipinski definition) is 2. The van der Waals surface area contributed by atoms with Crippen molar-refractivity contribution in [3.05, 3.63) is 28.8 Å². The first kappa shape index (κ1) is 15.3. The van der Waals surface area contributed by atoms with Crippen LogP contribution in [0, 0.1) is 5.92 Å². The van der Waals surface area contributed by atoms with Gasteiger partial charge in [0.15, 0.2) is 0 Å². The lowest BCUT2D eigenvalue weighted by atomic mass is 10.1. The lowest BCUT2D eigenvalue weighted by Crippen LogP contribution is -2.29. The highest BCUT2D eigenvalue weighted by molar-refractivity contribution is 6.31. The van der Waals surface area contributed by atoms with Crippen LogP contribution >= 0.6 is 11.6 Å². The zero-order valence-electron chi connectivity index (χ0n) is 11.9. The van der Waals surface area contributed by atoms with E-state index in [2.05, 4.69) is 24.5 Å². The molecule has 1 unspecified atom stereocenters. The predicted molar refractivity (Wildman–Crippen MR) is 81.1 cm³/mol. The molecular weight excluding hydrogens is 276 g/mol. The molecule has 5 heteroatoms. The van der Waals surface area contributed by atoms with Gasteiger partial charge in [0.2, 0.25) is 5.91 Å². The number of fused-ring (bicyclic) bond motifs is 1. The molecule has 110 valence electrons. The van der Waals surface area contributed by atoms with E-state index in [9.17, 15) is 4.79 Å². The van der Waals surface area contributed by atoms with Crippen molar-refractivity contribution in [1.82, 2.24) is 5.32 Å². The van der Waals surface area contributed by atoms with E-state index in [1.54, 1.807) is 6.07 Å². The van der Waals surface area contributed by atoms with Crippen LogP contribution in [-0.2, 0) is 9.53 Å². The minimum Gasteiger partial charge on any atom is -0.381 e. The van der Waals surface area contributed by atoms with Crippen LogP contribution in [0.1, 0.15) is 31.9 Å². The third-order valence-corrected chi connectivity index (χ3v) is 3.34. The van der Waals surface area contributed by atoms with Gasteiger partial charge < -0.3 is 15.4 Å². The molecule has 1 aromatic carbocycles. The Hall–Kier alpha value is -1.10. The van der Waals surface area contributed by atoms with Gasteiger partial charge in [-0.05, 0) is 37.1 Å². The number of benzene rings is 1. The standard InChI is InChI=1S/C15H21ClN2O2/c1-10(2)9-20-7-3-6-17-14-12-8-11(16)4-5-13(12)18-15(14)19/h4-5,8,10,14,17H,3,6-7,9H2,1-2H3,(H,18,19). The van der Waals surface area contributed by atoms with Crippen LogP contribution in [0.15, 0.2) is 18.2 Å². The molecule has 2 rings (SSSR count). The van der Waals surface area contributed by atoms with Crippen molar-refractivity contribution in [1.29, 1.82) is 0 Å². The largest absolute Gasteiger partial charge is 0.381 e. The van der Waals surface area contributed by atoms with E-state index < -0.39 is 0 Å². The van der Waals surface area contributed by atoms with Gasteiger partial charge in [-0.2, -0.15) is 0 Å². The van der Waals surface area contributed by atoms with Crippen LogP contribution in [0.4, 0.5) is 5.69 Å². The summed E-state index contributed by atoms with van der Waals surface area (Å²) in [7, 11) is 0. The molecule has 1 heterocycles. The molecule has 2 N–H and O–H groups in total. The Morgan fingerprint density at radius 1 is 1.45 bits per heavy atom. The van der Waals surface area contributed by atoms with Crippen molar-refractivity contribution in [2.75, 3.05) is 25.1 Å². The number of nitrogens with one attached hydrogen (secondary N) is 2. The first-order valence-electron chi connectivity index (χ1n) is 6.99. The number of ether oxygens (including phenoxy) is 1. The lowest BCUT2D eigenvalue weighted by molar-refractivity contribution is -0.117. The van der Waals surface area contributed by atoms with Crippen LogP contribution < -0.4 is 10.6 Å². The second-order valence-corrected chi connectivity index (χ2v) is 5.87. The van der Waals surface area contributed by atoms with Gasteiger partial charge in [-0.1, -0.05) is 25.4 Å². The highest BCUT2D eigenvalue weighted by Gasteiger charge is 2.29. The third kappa shape index (κ3) is 3.95. The molecule has 0 aromatic heterocycles. The number of carbonyl (C=O) groups excluding carboxylic acids is 1. The maximum atomic E-state index is 11.9. The minimum absolute atomic E-state index is 0.0228. The molecule has 20 heavy (non-hydrogen) atoms. The summed E-state index contributed by atoms with van der Waals surface area (Å²) in [6.45, 7) is 6.48. The van der Waals surface area contributed by atoms with Crippen molar-refractivity contribution in [3.8, 4) is 0 Å². The number of carbonyl (C=O) groups is 1. The van der Waals surface area contributed by atoms with E-state index in [1.165, 1.54) is 0 Å². The van der Waals surface area contributed by atoms with E-state index >= 15 is 0 Å². The maximum Gasteiger partial charge on any atom is 0.246 e. The number of halogens is 1. The van der Waals surface area contributed by atoms with Gasteiger partial charge in [-0.25, -0.2) is 0 Å². The summed E-state index contributed by atoms with van der Waals surface area (Å²) >= 11 is 5.98. The van der Waals surface area contributed by atoms with Crippen molar-refractivity contribution < 1.29 is 9.53 Å². The normalized spacial score (nSPS) is 17.4. The van der Waals surface area contributed by atoms with Crippen LogP contribution in [0.2, 0.25) is 5.02 Å². The zero-order chi connectivity index (χ0) is 14.5. The zero-order valence-corrected chi connectivity index (χ0v) is 12.7. The van der Waals surface area contributed by atoms with Gasteiger partial charge in [0.25, 0.3) is 0 Å². The first-order chi connectivity index (χ1) is 9.58. The molecule has 0 bridgehead atoms. The van der Waals surface area contributed by atoms with Gasteiger partial charge in [-0.3, -0.25) is 4.79 Å². The van der Waals surface area contributed by atoms with Crippen LogP contribution in [0.3, 0.4) is 0 Å². The Kier molecular flexibility index (Phi) is 5.40. The fourth-order valence-corrected chi connectivity index (χ4v) is 2.36. The number of amides is 1. The lowest BCUT2D eigenvalue weighted by Gasteiger charge is -2.12. The van der Waals surface area contributed by atoms with E-state index in [0.29, 0.717) is 17.5 Å². The molecule has 1 aliphatic rings. The summed E-state index contributed by atoms with van der Waals surface area (Å²) in [4.78, 5) is 11.9. The maximum absolute atomic E-state index is 11.9. The van der Waals surface area contributed by atoms with Gasteiger partial charge in [0.1, 0.15) is 6.04 Å². The summed E-state index contributed by atoms with van der Waals surface area (Å²) in [6, 6.07) is 5.14. The molecule has 0 spiro atoms. The molecule has 0 fully saturated rings. The quantitative estimate of drug-likeness (QED) is 0.761. The molecule has 0 radical (unpaired) electrons. The Labute approximate surface area is 124 Å². The van der Waals surface area contributed by atoms with Gasteiger partial charge >= 0.3 is 0 Å². The Morgan fingerprint density at radius 2 is 2.25 bits per heavy atom. The molecule has 0 saturated carbocycles. The second-order valence-electron chi connectivity index (χ2n) is 5.43. The van der Waals surface area contributed by atoms with Crippen molar-refractivity contribution in [2.24, 2.45) is 5.92 Å². The molecule has 1 atom stereocenters. The van der Waals surface area contributed by atoms with Gasteiger partial charge in [-0.15, -0.1) is 0 Å². The number of hydrogen-bond acceptors (Lipinski definition) is 3. The summed E-state index contributed by atoms with van der Waals surface area (Å²) in [5, 5.41) is 6.75. The predicted octanol–water partition coefficient (Wildman–Crippen LogP) is 2.99. The molecule has 0 aliphatic carbocycles. The van der Waals surface area contributed by atoms with Crippen LogP contribution in [0.5, 0.6) is 0 Å². The average Bonchev–Trinajstić information content (AvgIpc) is 2.69. The van der Waals surface area contributed by atoms with Crippen LogP contribution in [0.25, 0.3) is 0 Å². The van der Waals surface area contributed by atoms with E-state index in [1.807, 2.05) is 12.1 Å². The first-order valence-corrected chi connectivity index (χ1v) is 7.37. The SMILES string of the molecule is CC(C)COCCCNC1C(=O)Nc2ccc(Cl)cc21. The average molecular weight is 297 g/mol. The highest BCUT2D eigenvalue weighted by Crippen LogP contribution is 2.32. The van der Waals surface area contributed by atoms with Crippen molar-refractivity contribution >= 4 is 23.2 Å². The fraction of sp³-hybridized carbons (Fsp3) is 0.533. The summed E-state index contributed by atoms with van der Waals surface area (Å²) < 4.78 is 5.51. The van der Waals surface area contributed by atoms with E-state index in [-0.39, 0.29) is 11.9 Å². The molecular formula is C15H21ClN2O2. The van der Waals surface area contributed by atoms with Gasteiger partial charge in [0, 0.05) is 29.5 Å². The summed E-state index contributed by atoms with van der Waals surface area (Å²) in [5.74, 6) is 0.531. The Balaban J connectivity index is 1.79. The summed E-state index contributed by atoms with van der Waals surface area (Å²) in [6.07, 6.45) is 0.881. The molecule has 1 aromatic rings. The monoisotopic (exact) mass is 296 g/mol. The van der Waals surface area contributed by atoms with Gasteiger partial charge in [0.05, 0.1) is 0 Å². The van der Waals surface area contributed by atoms with E-state index in [0.717, 1.165) is 30.8 Å². The highest BCUT2D eigenvalue weighted by atomic mass is 35.5. The molecule has 0 saturated heterocycles. The fourth-order valence-electron chi connectivity index (χ4n) is 2.17. The number of anilines is 1.